The van der Waals surface area contributed by atoms with Crippen LogP contribution >= 0.6 is 11.3 Å². The maximum Gasteiger partial charge on any atom is 0.195 e. The van der Waals surface area contributed by atoms with Crippen LogP contribution in [0.5, 0.6) is 11.5 Å². The second-order valence-electron chi connectivity index (χ2n) is 7.83. The summed E-state index contributed by atoms with van der Waals surface area (Å²) in [7, 11) is 0. The highest BCUT2D eigenvalue weighted by molar-refractivity contribution is 7.09. The average Bonchev–Trinajstić information content (AvgIpc) is 3.39. The lowest BCUT2D eigenvalue weighted by Gasteiger charge is -2.16. The Bertz CT molecular complexity index is 825. The van der Waals surface area contributed by atoms with Crippen LogP contribution in [0.1, 0.15) is 24.6 Å². The first-order valence-corrected chi connectivity index (χ1v) is 11.9. The predicted molar refractivity (Wildman–Crippen MR) is 124 cm³/mol. The van der Waals surface area contributed by atoms with E-state index < -0.39 is 0 Å². The maximum absolute atomic E-state index is 5.84. The molecule has 1 aromatic carbocycles. The summed E-state index contributed by atoms with van der Waals surface area (Å²) in [5.74, 6) is 3.07. The van der Waals surface area contributed by atoms with Gasteiger partial charge in [-0.3, -0.25) is 4.99 Å². The van der Waals surface area contributed by atoms with Gasteiger partial charge in [0.15, 0.2) is 17.5 Å². The molecule has 0 bridgehead atoms. The van der Waals surface area contributed by atoms with Gasteiger partial charge >= 0.3 is 0 Å². The molecular weight excluding hydrogens is 396 g/mol. The summed E-state index contributed by atoms with van der Waals surface area (Å²) < 4.78 is 11.6. The van der Waals surface area contributed by atoms with Crippen LogP contribution in [-0.2, 0) is 6.42 Å². The van der Waals surface area contributed by atoms with E-state index in [-0.39, 0.29) is 0 Å². The molecule has 0 saturated carbocycles. The fourth-order valence-electron chi connectivity index (χ4n) is 3.85. The maximum atomic E-state index is 5.84. The minimum Gasteiger partial charge on any atom is -0.490 e. The van der Waals surface area contributed by atoms with Crippen molar-refractivity contribution in [2.24, 2.45) is 10.9 Å². The Balaban J connectivity index is 1.40. The number of hydrogen-bond donors (Lipinski definition) is 2. The highest BCUT2D eigenvalue weighted by Crippen LogP contribution is 2.32. The van der Waals surface area contributed by atoms with Gasteiger partial charge in [-0.2, -0.15) is 0 Å². The summed E-state index contributed by atoms with van der Waals surface area (Å²) in [6.45, 7) is 8.77. The van der Waals surface area contributed by atoms with Crippen molar-refractivity contribution in [1.82, 2.24) is 10.2 Å². The standard InChI is InChI=1S/C23H32N4O2S/c1-2-27-11-9-18(17-27)16-25-23(24-10-8-20-5-3-14-30-20)26-19-6-7-21-22(15-19)29-13-4-12-28-21/h3,5-7,14-15,18H,2,4,8-13,16-17H2,1H3,(H2,24,25,26). The summed E-state index contributed by atoms with van der Waals surface area (Å²) in [5.41, 5.74) is 0.961. The number of benzene rings is 1. The smallest absolute Gasteiger partial charge is 0.195 e. The van der Waals surface area contributed by atoms with Gasteiger partial charge < -0.3 is 25.0 Å². The average molecular weight is 429 g/mol. The van der Waals surface area contributed by atoms with E-state index >= 15 is 0 Å². The molecule has 2 aliphatic heterocycles. The van der Waals surface area contributed by atoms with Crippen LogP contribution in [0, 0.1) is 5.92 Å². The molecule has 4 rings (SSSR count). The van der Waals surface area contributed by atoms with Gasteiger partial charge in [0.1, 0.15) is 0 Å². The molecule has 1 fully saturated rings. The first-order chi connectivity index (χ1) is 14.8. The Labute approximate surface area is 183 Å². The zero-order valence-corrected chi connectivity index (χ0v) is 18.5. The lowest BCUT2D eigenvalue weighted by atomic mass is 10.1. The van der Waals surface area contributed by atoms with Crippen molar-refractivity contribution in [3.63, 3.8) is 0 Å². The molecule has 3 heterocycles. The third-order valence-corrected chi connectivity index (χ3v) is 6.52. The first kappa shape index (κ1) is 21.0. The van der Waals surface area contributed by atoms with E-state index in [1.165, 1.54) is 17.8 Å². The van der Waals surface area contributed by atoms with Crippen molar-refractivity contribution in [2.75, 3.05) is 51.3 Å². The topological polar surface area (TPSA) is 58.1 Å². The highest BCUT2D eigenvalue weighted by atomic mass is 32.1. The number of hydrogen-bond acceptors (Lipinski definition) is 5. The minimum atomic E-state index is 0.629. The molecule has 1 atom stereocenters. The normalized spacial score (nSPS) is 19.5. The number of ether oxygens (including phenoxy) is 2. The van der Waals surface area contributed by atoms with Gasteiger partial charge in [0, 0.05) is 42.7 Å². The molecule has 6 nitrogen and oxygen atoms in total. The first-order valence-electron chi connectivity index (χ1n) is 11.0. The molecule has 162 valence electrons. The number of fused-ring (bicyclic) bond motifs is 1. The SMILES string of the molecule is CCN1CCC(CN=C(NCCc2cccs2)Nc2ccc3c(c2)OCCCO3)C1. The summed E-state index contributed by atoms with van der Waals surface area (Å²) in [6, 6.07) is 10.3. The molecule has 1 saturated heterocycles. The number of aliphatic imine (C=N–C) groups is 1. The number of nitrogens with zero attached hydrogens (tertiary/aromatic N) is 2. The molecule has 0 aliphatic carbocycles. The molecule has 2 aliphatic rings. The summed E-state index contributed by atoms with van der Waals surface area (Å²) in [6.07, 6.45) is 3.13. The zero-order valence-electron chi connectivity index (χ0n) is 17.7. The van der Waals surface area contributed by atoms with Crippen LogP contribution in [0.3, 0.4) is 0 Å². The fraction of sp³-hybridized carbons (Fsp3) is 0.522. The molecule has 1 unspecified atom stereocenters. The quantitative estimate of drug-likeness (QED) is 0.518. The van der Waals surface area contributed by atoms with E-state index in [1.54, 1.807) is 11.3 Å². The van der Waals surface area contributed by atoms with E-state index in [2.05, 4.69) is 40.0 Å². The fourth-order valence-corrected chi connectivity index (χ4v) is 4.55. The van der Waals surface area contributed by atoms with Gasteiger partial charge in [0.25, 0.3) is 0 Å². The number of likely N-dealkylation sites (tertiary alicyclic amines) is 1. The van der Waals surface area contributed by atoms with Crippen LogP contribution in [0.15, 0.2) is 40.7 Å². The summed E-state index contributed by atoms with van der Waals surface area (Å²) in [4.78, 5) is 8.80. The second kappa shape index (κ2) is 10.7. The van der Waals surface area contributed by atoms with Gasteiger partial charge in [0.2, 0.25) is 0 Å². The molecule has 30 heavy (non-hydrogen) atoms. The Hall–Kier alpha value is -2.25. The number of thiophene rings is 1. The van der Waals surface area contributed by atoms with Crippen molar-refractivity contribution >= 4 is 23.0 Å². The van der Waals surface area contributed by atoms with Crippen molar-refractivity contribution < 1.29 is 9.47 Å². The van der Waals surface area contributed by atoms with Gasteiger partial charge in [-0.05, 0) is 55.4 Å². The van der Waals surface area contributed by atoms with Gasteiger partial charge in [-0.25, -0.2) is 0 Å². The monoisotopic (exact) mass is 428 g/mol. The third-order valence-electron chi connectivity index (χ3n) is 5.58. The van der Waals surface area contributed by atoms with Crippen LogP contribution in [-0.4, -0.2) is 56.8 Å². The Morgan fingerprint density at radius 1 is 1.23 bits per heavy atom. The zero-order chi connectivity index (χ0) is 20.6. The molecule has 2 aromatic rings. The van der Waals surface area contributed by atoms with E-state index in [1.807, 2.05) is 18.2 Å². The van der Waals surface area contributed by atoms with Crippen LogP contribution < -0.4 is 20.1 Å². The van der Waals surface area contributed by atoms with Gasteiger partial charge in [0.05, 0.1) is 13.2 Å². The van der Waals surface area contributed by atoms with Gasteiger partial charge in [-0.15, -0.1) is 11.3 Å². The van der Waals surface area contributed by atoms with Gasteiger partial charge in [-0.1, -0.05) is 13.0 Å². The van der Waals surface area contributed by atoms with Crippen molar-refractivity contribution in [1.29, 1.82) is 0 Å². The number of guanidine groups is 1. The van der Waals surface area contributed by atoms with E-state index in [0.717, 1.165) is 62.2 Å². The molecule has 2 N–H and O–H groups in total. The molecule has 0 amide bonds. The minimum absolute atomic E-state index is 0.629. The van der Waals surface area contributed by atoms with Crippen molar-refractivity contribution in [2.45, 2.75) is 26.2 Å². The lowest BCUT2D eigenvalue weighted by molar-refractivity contribution is 0.297. The molecule has 0 radical (unpaired) electrons. The molecule has 7 heteroatoms. The molecular formula is C23H32N4O2S. The Morgan fingerprint density at radius 2 is 2.13 bits per heavy atom. The Morgan fingerprint density at radius 3 is 2.93 bits per heavy atom. The number of nitrogens with one attached hydrogen (secondary N) is 2. The highest BCUT2D eigenvalue weighted by Gasteiger charge is 2.21. The van der Waals surface area contributed by atoms with E-state index in [4.69, 9.17) is 14.5 Å². The van der Waals surface area contributed by atoms with E-state index in [9.17, 15) is 0 Å². The second-order valence-corrected chi connectivity index (χ2v) is 8.86. The summed E-state index contributed by atoms with van der Waals surface area (Å²) >= 11 is 1.80. The molecule has 1 aromatic heterocycles. The van der Waals surface area contributed by atoms with E-state index in [0.29, 0.717) is 19.1 Å². The lowest BCUT2D eigenvalue weighted by Crippen LogP contribution is -2.33. The van der Waals surface area contributed by atoms with Crippen LogP contribution in [0.4, 0.5) is 5.69 Å². The van der Waals surface area contributed by atoms with Crippen molar-refractivity contribution in [3.05, 3.63) is 40.6 Å². The number of anilines is 1. The molecule has 0 spiro atoms. The summed E-state index contributed by atoms with van der Waals surface area (Å²) in [5, 5.41) is 9.10. The van der Waals surface area contributed by atoms with Crippen LogP contribution in [0.2, 0.25) is 0 Å². The Kier molecular flexibility index (Phi) is 7.48. The predicted octanol–water partition coefficient (Wildman–Crippen LogP) is 3.85. The largest absolute Gasteiger partial charge is 0.490 e. The van der Waals surface area contributed by atoms with Crippen molar-refractivity contribution in [3.8, 4) is 11.5 Å². The van der Waals surface area contributed by atoms with Crippen LogP contribution in [0.25, 0.3) is 0 Å². The third kappa shape index (κ3) is 5.89. The number of rotatable bonds is 7.